The Hall–Kier alpha value is -1.38. The third-order valence-corrected chi connectivity index (χ3v) is 2.98. The monoisotopic (exact) mass is 250 g/mol. The maximum absolute atomic E-state index is 11.8. The van der Waals surface area contributed by atoms with E-state index in [1.807, 2.05) is 13.0 Å². The van der Waals surface area contributed by atoms with Crippen molar-refractivity contribution < 1.29 is 14.0 Å². The van der Waals surface area contributed by atoms with E-state index in [0.29, 0.717) is 18.6 Å². The van der Waals surface area contributed by atoms with Crippen molar-refractivity contribution in [3.05, 3.63) is 23.7 Å². The number of Topliss-reactive ketones (excluding diaryl/α,β-unsaturated/α-hetero) is 2. The zero-order valence-electron chi connectivity index (χ0n) is 11.3. The lowest BCUT2D eigenvalue weighted by Gasteiger charge is -1.99. The average Bonchev–Trinajstić information content (AvgIpc) is 2.85. The smallest absolute Gasteiger partial charge is 0.198 e. The second-order valence-corrected chi connectivity index (χ2v) is 4.54. The maximum Gasteiger partial charge on any atom is 0.198 e. The molecular formula is C15H22O3. The van der Waals surface area contributed by atoms with E-state index in [1.165, 1.54) is 0 Å². The highest BCUT2D eigenvalue weighted by molar-refractivity contribution is 5.95. The van der Waals surface area contributed by atoms with Crippen LogP contribution in [-0.2, 0) is 11.2 Å². The molecule has 3 heteroatoms. The number of furan rings is 1. The molecule has 0 aromatic carbocycles. The molecule has 0 aliphatic rings. The van der Waals surface area contributed by atoms with Crippen molar-refractivity contribution in [3.63, 3.8) is 0 Å². The van der Waals surface area contributed by atoms with Crippen LogP contribution in [0.2, 0.25) is 0 Å². The summed E-state index contributed by atoms with van der Waals surface area (Å²) in [6.45, 7) is 4.08. The van der Waals surface area contributed by atoms with Gasteiger partial charge in [-0.15, -0.1) is 0 Å². The van der Waals surface area contributed by atoms with Crippen LogP contribution in [0.25, 0.3) is 0 Å². The number of hydrogen-bond donors (Lipinski definition) is 0. The molecule has 0 saturated carbocycles. The van der Waals surface area contributed by atoms with E-state index in [-0.39, 0.29) is 18.0 Å². The minimum atomic E-state index is -0.0708. The lowest BCUT2D eigenvalue weighted by molar-refractivity contribution is -0.119. The number of unbranched alkanes of at least 4 members (excludes halogenated alkanes) is 2. The minimum Gasteiger partial charge on any atom is -0.458 e. The average molecular weight is 250 g/mol. The first-order valence-corrected chi connectivity index (χ1v) is 6.81. The number of aryl methyl sites for hydroxylation is 1. The molecule has 0 atom stereocenters. The predicted molar refractivity (Wildman–Crippen MR) is 70.8 cm³/mol. The van der Waals surface area contributed by atoms with Gasteiger partial charge in [-0.1, -0.05) is 26.7 Å². The van der Waals surface area contributed by atoms with Gasteiger partial charge in [0.1, 0.15) is 11.5 Å². The lowest BCUT2D eigenvalue weighted by atomic mass is 10.1. The molecule has 1 rings (SSSR count). The van der Waals surface area contributed by atoms with Gasteiger partial charge in [-0.3, -0.25) is 9.59 Å². The summed E-state index contributed by atoms with van der Waals surface area (Å²) in [6, 6.07) is 3.51. The summed E-state index contributed by atoms with van der Waals surface area (Å²) in [5.74, 6) is 1.30. The number of carbonyl (C=O) groups is 2. The molecule has 0 radical (unpaired) electrons. The molecule has 0 saturated heterocycles. The van der Waals surface area contributed by atoms with Crippen molar-refractivity contribution in [2.24, 2.45) is 0 Å². The molecule has 0 aliphatic heterocycles. The topological polar surface area (TPSA) is 47.3 Å². The van der Waals surface area contributed by atoms with Crippen LogP contribution in [0.5, 0.6) is 0 Å². The van der Waals surface area contributed by atoms with E-state index >= 15 is 0 Å². The van der Waals surface area contributed by atoms with Gasteiger partial charge in [-0.05, 0) is 18.6 Å². The molecule has 0 N–H and O–H groups in total. The van der Waals surface area contributed by atoms with Gasteiger partial charge in [0, 0.05) is 25.7 Å². The van der Waals surface area contributed by atoms with Crippen molar-refractivity contribution in [1.29, 1.82) is 0 Å². The van der Waals surface area contributed by atoms with E-state index < -0.39 is 0 Å². The lowest BCUT2D eigenvalue weighted by Crippen LogP contribution is -2.04. The summed E-state index contributed by atoms with van der Waals surface area (Å²) < 4.78 is 5.36. The second kappa shape index (κ2) is 7.85. The van der Waals surface area contributed by atoms with Crippen molar-refractivity contribution in [3.8, 4) is 0 Å². The Morgan fingerprint density at radius 3 is 2.44 bits per heavy atom. The number of hydrogen-bond acceptors (Lipinski definition) is 3. The molecule has 1 heterocycles. The Morgan fingerprint density at radius 1 is 1.06 bits per heavy atom. The highest BCUT2D eigenvalue weighted by Gasteiger charge is 2.12. The van der Waals surface area contributed by atoms with Gasteiger partial charge in [-0.2, -0.15) is 0 Å². The third kappa shape index (κ3) is 4.86. The van der Waals surface area contributed by atoms with Gasteiger partial charge < -0.3 is 4.42 Å². The fourth-order valence-electron chi connectivity index (χ4n) is 1.79. The Balaban J connectivity index is 2.30. The molecule has 0 amide bonds. The fraction of sp³-hybridized carbons (Fsp3) is 0.600. The van der Waals surface area contributed by atoms with E-state index in [2.05, 4.69) is 6.92 Å². The highest BCUT2D eigenvalue weighted by Crippen LogP contribution is 2.12. The van der Waals surface area contributed by atoms with Crippen LogP contribution in [-0.4, -0.2) is 11.6 Å². The first-order valence-electron chi connectivity index (χ1n) is 6.81. The molecule has 3 nitrogen and oxygen atoms in total. The van der Waals surface area contributed by atoms with E-state index in [4.69, 9.17) is 4.42 Å². The number of carbonyl (C=O) groups excluding carboxylic acids is 2. The molecule has 0 bridgehead atoms. The van der Waals surface area contributed by atoms with Crippen LogP contribution >= 0.6 is 0 Å². The molecule has 100 valence electrons. The van der Waals surface area contributed by atoms with E-state index in [0.717, 1.165) is 31.4 Å². The molecule has 1 aromatic heterocycles. The Morgan fingerprint density at radius 2 is 1.83 bits per heavy atom. The third-order valence-electron chi connectivity index (χ3n) is 2.98. The van der Waals surface area contributed by atoms with Crippen LogP contribution in [0.4, 0.5) is 0 Å². The second-order valence-electron chi connectivity index (χ2n) is 4.54. The Kier molecular flexibility index (Phi) is 6.40. The zero-order valence-corrected chi connectivity index (χ0v) is 11.3. The van der Waals surface area contributed by atoms with Gasteiger partial charge in [0.15, 0.2) is 11.5 Å². The Bertz CT molecular complexity index is 390. The summed E-state index contributed by atoms with van der Waals surface area (Å²) in [7, 11) is 0. The van der Waals surface area contributed by atoms with Crippen molar-refractivity contribution in [2.45, 2.75) is 58.8 Å². The quantitative estimate of drug-likeness (QED) is 0.492. The van der Waals surface area contributed by atoms with Crippen LogP contribution in [0.15, 0.2) is 16.5 Å². The summed E-state index contributed by atoms with van der Waals surface area (Å²) in [5.41, 5.74) is 0. The SMILES string of the molecule is CCCCCC(=O)CCC(=O)c1ccc(CC)o1. The molecule has 0 fully saturated rings. The van der Waals surface area contributed by atoms with Crippen molar-refractivity contribution in [1.82, 2.24) is 0 Å². The summed E-state index contributed by atoms with van der Waals surface area (Å²) in [6.07, 6.45) is 5.11. The number of ketones is 2. The standard InChI is InChI=1S/C15H22O3/c1-3-5-6-7-12(16)8-10-14(17)15-11-9-13(4-2)18-15/h9,11H,3-8,10H2,1-2H3. The van der Waals surface area contributed by atoms with Gasteiger partial charge in [0.2, 0.25) is 0 Å². The molecule has 0 spiro atoms. The molecule has 1 aromatic rings. The highest BCUT2D eigenvalue weighted by atomic mass is 16.3. The minimum absolute atomic E-state index is 0.0708. The van der Waals surface area contributed by atoms with Crippen LogP contribution in [0.3, 0.4) is 0 Å². The van der Waals surface area contributed by atoms with E-state index in [1.54, 1.807) is 6.07 Å². The molecule has 18 heavy (non-hydrogen) atoms. The predicted octanol–water partition coefficient (Wildman–Crippen LogP) is 3.95. The first kappa shape index (κ1) is 14.7. The van der Waals surface area contributed by atoms with Crippen molar-refractivity contribution in [2.75, 3.05) is 0 Å². The van der Waals surface area contributed by atoms with Crippen LogP contribution in [0, 0.1) is 0 Å². The normalized spacial score (nSPS) is 10.6. The van der Waals surface area contributed by atoms with Gasteiger partial charge in [-0.25, -0.2) is 0 Å². The van der Waals surface area contributed by atoms with Gasteiger partial charge in [0.05, 0.1) is 0 Å². The van der Waals surface area contributed by atoms with Crippen LogP contribution in [0.1, 0.15) is 68.7 Å². The van der Waals surface area contributed by atoms with E-state index in [9.17, 15) is 9.59 Å². The molecule has 0 unspecified atom stereocenters. The van der Waals surface area contributed by atoms with Crippen LogP contribution < -0.4 is 0 Å². The van der Waals surface area contributed by atoms with Crippen molar-refractivity contribution >= 4 is 11.6 Å². The fourth-order valence-corrected chi connectivity index (χ4v) is 1.79. The maximum atomic E-state index is 11.8. The zero-order chi connectivity index (χ0) is 13.4. The largest absolute Gasteiger partial charge is 0.458 e. The molecular weight excluding hydrogens is 228 g/mol. The summed E-state index contributed by atoms with van der Waals surface area (Å²) >= 11 is 0. The molecule has 0 aliphatic carbocycles. The van der Waals surface area contributed by atoms with Gasteiger partial charge >= 0.3 is 0 Å². The Labute approximate surface area is 109 Å². The van der Waals surface area contributed by atoms with Gasteiger partial charge in [0.25, 0.3) is 0 Å². The number of rotatable bonds is 9. The summed E-state index contributed by atoms with van der Waals surface area (Å²) in [5, 5.41) is 0. The first-order chi connectivity index (χ1) is 8.67. The summed E-state index contributed by atoms with van der Waals surface area (Å²) in [4.78, 5) is 23.3.